The van der Waals surface area contributed by atoms with Crippen LogP contribution in [0.3, 0.4) is 0 Å². The molecule has 4 saturated carbocycles. The number of Topliss-reactive ketones (excluding diaryl/α,β-unsaturated/α-hetero) is 1. The van der Waals surface area contributed by atoms with Gasteiger partial charge in [0.05, 0.1) is 6.42 Å². The van der Waals surface area contributed by atoms with Crippen molar-refractivity contribution in [1.29, 1.82) is 0 Å². The minimum atomic E-state index is 0.0490. The number of hydrogen-bond donors (Lipinski definition) is 1. The number of nitrogen functional groups attached to an aromatic ring is 1. The average Bonchev–Trinajstić information content (AvgIpc) is 2.73. The van der Waals surface area contributed by atoms with Crippen molar-refractivity contribution >= 4 is 11.8 Å². The Balaban J connectivity index is 1.51. The predicted octanol–water partition coefficient (Wildman–Crippen LogP) is 1.84. The van der Waals surface area contributed by atoms with Gasteiger partial charge in [-0.25, -0.2) is 0 Å². The normalized spacial score (nSPS) is 39.7. The number of nitrogens with two attached hydrogens (primary N) is 1. The molecule has 0 atom stereocenters. The monoisotopic (exact) mass is 261 g/mol. The number of hydrogen-bond acceptors (Lipinski definition) is 5. The summed E-state index contributed by atoms with van der Waals surface area (Å²) in [7, 11) is 0. The first-order valence-corrected chi connectivity index (χ1v) is 7.29. The van der Waals surface area contributed by atoms with E-state index in [1.54, 1.807) is 0 Å². The van der Waals surface area contributed by atoms with Crippen LogP contribution in [0.4, 0.5) is 6.01 Å². The second-order valence-corrected chi connectivity index (χ2v) is 6.63. The zero-order valence-corrected chi connectivity index (χ0v) is 10.9. The summed E-state index contributed by atoms with van der Waals surface area (Å²) in [4.78, 5) is 12.5. The smallest absolute Gasteiger partial charge is 0.312 e. The molecule has 0 saturated heterocycles. The predicted molar refractivity (Wildman–Crippen MR) is 68.0 cm³/mol. The number of ketones is 1. The van der Waals surface area contributed by atoms with E-state index in [9.17, 15) is 4.79 Å². The average molecular weight is 261 g/mol. The Bertz CT molecular complexity index is 483. The Labute approximate surface area is 111 Å². The van der Waals surface area contributed by atoms with Gasteiger partial charge in [-0.2, -0.15) is 0 Å². The molecule has 5 heteroatoms. The van der Waals surface area contributed by atoms with Gasteiger partial charge < -0.3 is 10.2 Å². The first-order chi connectivity index (χ1) is 9.19. The molecule has 19 heavy (non-hydrogen) atoms. The van der Waals surface area contributed by atoms with E-state index in [0.29, 0.717) is 17.7 Å². The lowest BCUT2D eigenvalue weighted by Gasteiger charge is -2.53. The van der Waals surface area contributed by atoms with E-state index in [0.717, 1.165) is 11.8 Å². The molecule has 0 radical (unpaired) electrons. The van der Waals surface area contributed by atoms with Crippen LogP contribution in [0.2, 0.25) is 0 Å². The number of rotatable bonds is 3. The van der Waals surface area contributed by atoms with Gasteiger partial charge in [-0.3, -0.25) is 4.79 Å². The third-order valence-corrected chi connectivity index (χ3v) is 5.41. The molecule has 0 unspecified atom stereocenters. The molecule has 0 spiro atoms. The van der Waals surface area contributed by atoms with Gasteiger partial charge in [0.2, 0.25) is 5.89 Å². The fourth-order valence-corrected chi connectivity index (χ4v) is 5.06. The van der Waals surface area contributed by atoms with E-state index in [2.05, 4.69) is 10.2 Å². The van der Waals surface area contributed by atoms with Crippen molar-refractivity contribution in [3.63, 3.8) is 0 Å². The molecule has 4 bridgehead atoms. The second kappa shape index (κ2) is 4.05. The third-order valence-electron chi connectivity index (χ3n) is 5.41. The molecule has 0 aromatic carbocycles. The number of nitrogens with zero attached hydrogens (tertiary/aromatic N) is 2. The molecule has 1 aromatic rings. The molecule has 4 fully saturated rings. The number of anilines is 1. The van der Waals surface area contributed by atoms with E-state index in [1.165, 1.54) is 32.1 Å². The van der Waals surface area contributed by atoms with Crippen molar-refractivity contribution in [2.24, 2.45) is 29.6 Å². The maximum Gasteiger partial charge on any atom is 0.312 e. The van der Waals surface area contributed by atoms with E-state index in [-0.39, 0.29) is 24.1 Å². The summed E-state index contributed by atoms with van der Waals surface area (Å²) in [6.45, 7) is 0. The zero-order chi connectivity index (χ0) is 13.0. The lowest BCUT2D eigenvalue weighted by Crippen LogP contribution is -2.48. The molecule has 1 heterocycles. The molecular formula is C14H19N3O2. The van der Waals surface area contributed by atoms with E-state index in [1.807, 2.05) is 0 Å². The Hall–Kier alpha value is -1.39. The first-order valence-electron chi connectivity index (χ1n) is 7.29. The van der Waals surface area contributed by atoms with Gasteiger partial charge in [0.15, 0.2) is 0 Å². The van der Waals surface area contributed by atoms with Gasteiger partial charge in [0.25, 0.3) is 0 Å². The summed E-state index contributed by atoms with van der Waals surface area (Å²) in [5.74, 6) is 3.92. The topological polar surface area (TPSA) is 82.0 Å². The molecule has 4 aliphatic rings. The van der Waals surface area contributed by atoms with Crippen LogP contribution in [0.25, 0.3) is 0 Å². The van der Waals surface area contributed by atoms with E-state index in [4.69, 9.17) is 10.2 Å². The Kier molecular flexibility index (Phi) is 2.44. The molecule has 102 valence electrons. The molecule has 5 nitrogen and oxygen atoms in total. The summed E-state index contributed by atoms with van der Waals surface area (Å²) in [5, 5.41) is 7.42. The highest BCUT2D eigenvalue weighted by atomic mass is 16.4. The summed E-state index contributed by atoms with van der Waals surface area (Å²) >= 11 is 0. The van der Waals surface area contributed by atoms with Crippen molar-refractivity contribution < 1.29 is 9.21 Å². The molecule has 0 amide bonds. The van der Waals surface area contributed by atoms with Gasteiger partial charge in [0.1, 0.15) is 5.78 Å². The molecule has 2 N–H and O–H groups in total. The van der Waals surface area contributed by atoms with Crippen LogP contribution >= 0.6 is 0 Å². The van der Waals surface area contributed by atoms with Crippen molar-refractivity contribution in [1.82, 2.24) is 10.2 Å². The minimum Gasteiger partial charge on any atom is -0.408 e. The SMILES string of the molecule is Nc1nnc(CC(=O)C2C3CC4CC(C3)CC2C4)o1. The lowest BCUT2D eigenvalue weighted by molar-refractivity contribution is -0.135. The highest BCUT2D eigenvalue weighted by molar-refractivity contribution is 5.83. The lowest BCUT2D eigenvalue weighted by atomic mass is 9.51. The molecular weight excluding hydrogens is 242 g/mol. The Morgan fingerprint density at radius 3 is 2.26 bits per heavy atom. The van der Waals surface area contributed by atoms with Gasteiger partial charge in [-0.15, -0.1) is 5.10 Å². The van der Waals surface area contributed by atoms with Crippen LogP contribution in [-0.4, -0.2) is 16.0 Å². The summed E-state index contributed by atoms with van der Waals surface area (Å²) in [6, 6.07) is 0.0490. The van der Waals surface area contributed by atoms with Crippen molar-refractivity contribution in [2.45, 2.75) is 38.5 Å². The van der Waals surface area contributed by atoms with Crippen LogP contribution in [-0.2, 0) is 11.2 Å². The second-order valence-electron chi connectivity index (χ2n) is 6.63. The van der Waals surface area contributed by atoms with E-state index < -0.39 is 0 Å². The molecule has 5 rings (SSSR count). The third kappa shape index (κ3) is 1.86. The van der Waals surface area contributed by atoms with Gasteiger partial charge in [-0.1, -0.05) is 5.10 Å². The Morgan fingerprint density at radius 1 is 1.11 bits per heavy atom. The minimum absolute atomic E-state index is 0.0490. The summed E-state index contributed by atoms with van der Waals surface area (Å²) in [6.07, 6.45) is 6.71. The summed E-state index contributed by atoms with van der Waals surface area (Å²) in [5.41, 5.74) is 5.40. The maximum atomic E-state index is 12.5. The highest BCUT2D eigenvalue weighted by Gasteiger charge is 2.50. The molecule has 0 aliphatic heterocycles. The van der Waals surface area contributed by atoms with Crippen molar-refractivity contribution in [3.05, 3.63) is 5.89 Å². The van der Waals surface area contributed by atoms with Gasteiger partial charge in [0, 0.05) is 5.92 Å². The van der Waals surface area contributed by atoms with Gasteiger partial charge in [-0.05, 0) is 55.8 Å². The van der Waals surface area contributed by atoms with Crippen LogP contribution < -0.4 is 5.73 Å². The summed E-state index contributed by atoms with van der Waals surface area (Å²) < 4.78 is 5.13. The zero-order valence-electron chi connectivity index (χ0n) is 10.9. The molecule has 4 aliphatic carbocycles. The highest BCUT2D eigenvalue weighted by Crippen LogP contribution is 2.56. The largest absolute Gasteiger partial charge is 0.408 e. The first kappa shape index (κ1) is 11.4. The quantitative estimate of drug-likeness (QED) is 0.897. The Morgan fingerprint density at radius 2 is 1.74 bits per heavy atom. The fourth-order valence-electron chi connectivity index (χ4n) is 5.06. The number of carbonyl (C=O) groups is 1. The van der Waals surface area contributed by atoms with Crippen molar-refractivity contribution in [2.75, 3.05) is 5.73 Å². The fraction of sp³-hybridized carbons (Fsp3) is 0.786. The maximum absolute atomic E-state index is 12.5. The van der Waals surface area contributed by atoms with Crippen LogP contribution in [0.15, 0.2) is 4.42 Å². The molecule has 1 aromatic heterocycles. The van der Waals surface area contributed by atoms with E-state index >= 15 is 0 Å². The number of carbonyl (C=O) groups excluding carboxylic acids is 1. The van der Waals surface area contributed by atoms with Gasteiger partial charge >= 0.3 is 6.01 Å². The van der Waals surface area contributed by atoms with Crippen LogP contribution in [0.5, 0.6) is 0 Å². The van der Waals surface area contributed by atoms with Crippen LogP contribution in [0, 0.1) is 29.6 Å². The standard InChI is InChI=1S/C14H19N3O2/c15-14-17-16-12(19-14)6-11(18)13-9-2-7-1-8(4-9)5-10(13)3-7/h7-10,13H,1-6H2,(H2,15,17). The van der Waals surface area contributed by atoms with Crippen molar-refractivity contribution in [3.8, 4) is 0 Å². The number of aromatic nitrogens is 2. The van der Waals surface area contributed by atoms with Crippen LogP contribution in [0.1, 0.15) is 38.0 Å².